The molecule has 1 saturated carbocycles. The molecule has 1 aliphatic heterocycles. The summed E-state index contributed by atoms with van der Waals surface area (Å²) in [6.07, 6.45) is 1.42. The van der Waals surface area contributed by atoms with Crippen LogP contribution < -0.4 is 5.32 Å². The summed E-state index contributed by atoms with van der Waals surface area (Å²) in [5.74, 6) is 0.927. The van der Waals surface area contributed by atoms with Crippen LogP contribution in [0.1, 0.15) is 18.2 Å². The normalized spacial score (nSPS) is 44.4. The molecule has 12 heavy (non-hydrogen) atoms. The van der Waals surface area contributed by atoms with Gasteiger partial charge in [0.25, 0.3) is 0 Å². The molecule has 1 aliphatic carbocycles. The molecule has 1 saturated heterocycles. The van der Waals surface area contributed by atoms with Crippen molar-refractivity contribution in [2.24, 2.45) is 5.92 Å². The number of rotatable bonds is 1. The summed E-state index contributed by atoms with van der Waals surface area (Å²) in [6, 6.07) is 5.21. The maximum absolute atomic E-state index is 3.55. The van der Waals surface area contributed by atoms with Gasteiger partial charge in [-0.1, -0.05) is 6.07 Å². The highest BCUT2D eigenvalue weighted by Gasteiger charge is 2.61. The van der Waals surface area contributed by atoms with Crippen molar-refractivity contribution < 1.29 is 0 Å². The zero-order chi connectivity index (χ0) is 8.18. The van der Waals surface area contributed by atoms with Crippen LogP contribution >= 0.6 is 11.3 Å². The predicted molar refractivity (Wildman–Crippen MR) is 51.6 cm³/mol. The van der Waals surface area contributed by atoms with Gasteiger partial charge in [-0.15, -0.1) is 11.3 Å². The average molecular weight is 179 g/mol. The summed E-state index contributed by atoms with van der Waals surface area (Å²) >= 11 is 1.92. The summed E-state index contributed by atoms with van der Waals surface area (Å²) in [6.45, 7) is 3.52. The molecule has 2 heteroatoms. The van der Waals surface area contributed by atoms with Gasteiger partial charge in [-0.3, -0.25) is 0 Å². The highest BCUT2D eigenvalue weighted by molar-refractivity contribution is 7.10. The van der Waals surface area contributed by atoms with Gasteiger partial charge in [0, 0.05) is 22.9 Å². The van der Waals surface area contributed by atoms with Gasteiger partial charge in [-0.2, -0.15) is 0 Å². The van der Waals surface area contributed by atoms with Gasteiger partial charge in [0.15, 0.2) is 0 Å². The van der Waals surface area contributed by atoms with Gasteiger partial charge in [-0.05, 0) is 30.7 Å². The van der Waals surface area contributed by atoms with E-state index in [1.807, 2.05) is 11.3 Å². The zero-order valence-electron chi connectivity index (χ0n) is 7.21. The molecule has 1 nitrogen and oxygen atoms in total. The lowest BCUT2D eigenvalue weighted by Gasteiger charge is -2.07. The molecular weight excluding hydrogens is 166 g/mol. The van der Waals surface area contributed by atoms with E-state index in [1.165, 1.54) is 13.0 Å². The Morgan fingerprint density at radius 1 is 1.67 bits per heavy atom. The minimum Gasteiger partial charge on any atom is -0.313 e. The van der Waals surface area contributed by atoms with E-state index < -0.39 is 0 Å². The molecule has 64 valence electrons. The monoisotopic (exact) mass is 179 g/mol. The first-order chi connectivity index (χ1) is 5.83. The molecule has 0 bridgehead atoms. The van der Waals surface area contributed by atoms with Crippen LogP contribution in [0.15, 0.2) is 17.5 Å². The van der Waals surface area contributed by atoms with E-state index in [0.29, 0.717) is 5.41 Å². The standard InChI is InChI=1S/C10H13NS/c1-7-8-5-10(8,6-11-7)9-3-2-4-12-9/h2-4,7-8,11H,5-6H2,1H3/t7-,8+,10+/m0/s1. The van der Waals surface area contributed by atoms with Crippen LogP contribution in [0.2, 0.25) is 0 Å². The van der Waals surface area contributed by atoms with Crippen molar-refractivity contribution in [3.05, 3.63) is 22.4 Å². The highest BCUT2D eigenvalue weighted by Crippen LogP contribution is 2.59. The van der Waals surface area contributed by atoms with Crippen molar-refractivity contribution >= 4 is 11.3 Å². The lowest BCUT2D eigenvalue weighted by atomic mass is 10.0. The van der Waals surface area contributed by atoms with Crippen LogP contribution in [0.4, 0.5) is 0 Å². The number of hydrogen-bond donors (Lipinski definition) is 1. The van der Waals surface area contributed by atoms with Gasteiger partial charge >= 0.3 is 0 Å². The summed E-state index contributed by atoms with van der Waals surface area (Å²) in [5.41, 5.74) is 0.563. The molecule has 3 atom stereocenters. The molecule has 1 aromatic heterocycles. The molecular formula is C10H13NS. The van der Waals surface area contributed by atoms with Gasteiger partial charge < -0.3 is 5.32 Å². The van der Waals surface area contributed by atoms with Gasteiger partial charge in [-0.25, -0.2) is 0 Å². The van der Waals surface area contributed by atoms with Crippen molar-refractivity contribution in [1.29, 1.82) is 0 Å². The number of piperidine rings is 1. The number of nitrogens with one attached hydrogen (secondary N) is 1. The van der Waals surface area contributed by atoms with Crippen LogP contribution in [0.5, 0.6) is 0 Å². The van der Waals surface area contributed by atoms with Crippen molar-refractivity contribution in [2.45, 2.75) is 24.8 Å². The second-order valence-corrected chi connectivity index (χ2v) is 5.06. The molecule has 3 rings (SSSR count). The van der Waals surface area contributed by atoms with Gasteiger partial charge in [0.2, 0.25) is 0 Å². The summed E-state index contributed by atoms with van der Waals surface area (Å²) in [4.78, 5) is 1.60. The Morgan fingerprint density at radius 2 is 2.58 bits per heavy atom. The largest absolute Gasteiger partial charge is 0.313 e. The van der Waals surface area contributed by atoms with Crippen molar-refractivity contribution in [3.63, 3.8) is 0 Å². The second kappa shape index (κ2) is 2.12. The maximum Gasteiger partial charge on any atom is 0.0218 e. The first-order valence-electron chi connectivity index (χ1n) is 4.60. The van der Waals surface area contributed by atoms with E-state index in [1.54, 1.807) is 4.88 Å². The molecule has 1 N–H and O–H groups in total. The molecule has 2 aliphatic rings. The summed E-state index contributed by atoms with van der Waals surface area (Å²) in [5, 5.41) is 5.75. The molecule has 1 aromatic rings. The van der Waals surface area contributed by atoms with Crippen LogP contribution in [0.25, 0.3) is 0 Å². The Hall–Kier alpha value is -0.340. The Balaban J connectivity index is 1.97. The first-order valence-corrected chi connectivity index (χ1v) is 5.48. The minimum absolute atomic E-state index is 0.563. The predicted octanol–water partition coefficient (Wildman–Crippen LogP) is 2.00. The van der Waals surface area contributed by atoms with Crippen LogP contribution in [0.3, 0.4) is 0 Å². The molecule has 0 spiro atoms. The lowest BCUT2D eigenvalue weighted by Crippen LogP contribution is -2.24. The van der Waals surface area contributed by atoms with Crippen molar-refractivity contribution in [1.82, 2.24) is 5.32 Å². The van der Waals surface area contributed by atoms with E-state index in [-0.39, 0.29) is 0 Å². The van der Waals surface area contributed by atoms with Gasteiger partial charge in [0.1, 0.15) is 0 Å². The number of hydrogen-bond acceptors (Lipinski definition) is 2. The van der Waals surface area contributed by atoms with Crippen molar-refractivity contribution in [2.75, 3.05) is 6.54 Å². The van der Waals surface area contributed by atoms with Crippen molar-refractivity contribution in [3.8, 4) is 0 Å². The molecule has 2 fully saturated rings. The topological polar surface area (TPSA) is 12.0 Å². The SMILES string of the molecule is C[C@@H]1NC[C@]2(c3cccs3)C[C@H]12. The Bertz CT molecular complexity index is 293. The number of fused-ring (bicyclic) bond motifs is 1. The second-order valence-electron chi connectivity index (χ2n) is 4.11. The Kier molecular flexibility index (Phi) is 1.25. The van der Waals surface area contributed by atoms with Gasteiger partial charge in [0.05, 0.1) is 0 Å². The third-order valence-corrected chi connectivity index (χ3v) is 4.58. The fourth-order valence-corrected chi connectivity index (χ4v) is 3.61. The van der Waals surface area contributed by atoms with Crippen LogP contribution in [-0.4, -0.2) is 12.6 Å². The maximum atomic E-state index is 3.55. The zero-order valence-corrected chi connectivity index (χ0v) is 8.03. The lowest BCUT2D eigenvalue weighted by molar-refractivity contribution is 0.578. The van der Waals surface area contributed by atoms with E-state index >= 15 is 0 Å². The smallest absolute Gasteiger partial charge is 0.0218 e. The Morgan fingerprint density at radius 3 is 3.08 bits per heavy atom. The third kappa shape index (κ3) is 0.723. The molecule has 0 amide bonds. The molecule has 0 radical (unpaired) electrons. The van der Waals surface area contributed by atoms with E-state index in [0.717, 1.165) is 12.0 Å². The van der Waals surface area contributed by atoms with Crippen LogP contribution in [-0.2, 0) is 5.41 Å². The van der Waals surface area contributed by atoms with E-state index in [9.17, 15) is 0 Å². The minimum atomic E-state index is 0.563. The fourth-order valence-electron chi connectivity index (χ4n) is 2.61. The summed E-state index contributed by atoms with van der Waals surface area (Å²) < 4.78 is 0. The highest BCUT2D eigenvalue weighted by atomic mass is 32.1. The van der Waals surface area contributed by atoms with Crippen LogP contribution in [0, 0.1) is 5.92 Å². The molecule has 0 aromatic carbocycles. The number of thiophene rings is 1. The third-order valence-electron chi connectivity index (χ3n) is 3.49. The fraction of sp³-hybridized carbons (Fsp3) is 0.600. The quantitative estimate of drug-likeness (QED) is 0.695. The molecule has 2 heterocycles. The van der Waals surface area contributed by atoms with E-state index in [4.69, 9.17) is 0 Å². The van der Waals surface area contributed by atoms with E-state index in [2.05, 4.69) is 29.8 Å². The summed E-state index contributed by atoms with van der Waals surface area (Å²) in [7, 11) is 0. The average Bonchev–Trinajstić information content (AvgIpc) is 2.49. The molecule has 0 unspecified atom stereocenters. The Labute approximate surface area is 76.8 Å². The first kappa shape index (κ1) is 7.10.